The highest BCUT2D eigenvalue weighted by molar-refractivity contribution is 7.47. The molecule has 0 aromatic carbocycles. The first-order valence-electron chi connectivity index (χ1n) is 17.7. The fraction of sp³-hybridized carbons (Fsp3) is 0.970. The number of aliphatic hydroxyl groups is 2. The van der Waals surface area contributed by atoms with E-state index in [1.807, 2.05) is 0 Å². The molecule has 0 saturated carbocycles. The number of carbonyl (C=O) groups is 1. The fourth-order valence-electron chi connectivity index (χ4n) is 5.30. The number of nitrogens with one attached hydrogen (secondary N) is 1. The van der Waals surface area contributed by atoms with Gasteiger partial charge in [-0.2, -0.15) is 0 Å². The van der Waals surface area contributed by atoms with E-state index in [0.29, 0.717) is 12.8 Å². The van der Waals surface area contributed by atoms with E-state index in [1.54, 1.807) is 0 Å². The number of unbranched alkanes of at least 4 members (excludes halogenated alkanes) is 19. The third-order valence-electron chi connectivity index (χ3n) is 8.02. The van der Waals surface area contributed by atoms with Crippen molar-refractivity contribution < 1.29 is 33.5 Å². The van der Waals surface area contributed by atoms with Gasteiger partial charge in [-0.05, 0) is 12.8 Å². The Morgan fingerprint density at radius 1 is 0.698 bits per heavy atom. The molecule has 9 nitrogen and oxygen atoms in total. The van der Waals surface area contributed by atoms with Crippen LogP contribution in [-0.2, 0) is 18.4 Å². The lowest BCUT2D eigenvalue weighted by atomic mass is 10.0. The average Bonchev–Trinajstić information content (AvgIpc) is 2.97. The Labute approximate surface area is 264 Å². The van der Waals surface area contributed by atoms with Crippen molar-refractivity contribution in [2.45, 2.75) is 186 Å². The number of hydrogen-bond donors (Lipinski definition) is 5. The Kier molecular flexibility index (Phi) is 29.8. The van der Waals surface area contributed by atoms with Gasteiger partial charge in [-0.25, -0.2) is 4.57 Å². The van der Waals surface area contributed by atoms with Crippen LogP contribution in [0.5, 0.6) is 0 Å². The van der Waals surface area contributed by atoms with Crippen LogP contribution in [0.4, 0.5) is 0 Å². The Morgan fingerprint density at radius 3 is 1.56 bits per heavy atom. The lowest BCUT2D eigenvalue weighted by Gasteiger charge is -2.25. The molecule has 0 fully saturated rings. The quantitative estimate of drug-likeness (QED) is 0.0363. The first-order valence-corrected chi connectivity index (χ1v) is 19.2. The summed E-state index contributed by atoms with van der Waals surface area (Å²) in [6, 6.07) is -0.887. The average molecular weight is 637 g/mol. The van der Waals surface area contributed by atoms with Gasteiger partial charge >= 0.3 is 7.82 Å². The maximum Gasteiger partial charge on any atom is 0.472 e. The van der Waals surface area contributed by atoms with Crippen molar-refractivity contribution in [2.24, 2.45) is 5.73 Å². The molecule has 0 radical (unpaired) electrons. The summed E-state index contributed by atoms with van der Waals surface area (Å²) in [5, 5.41) is 23.9. The lowest BCUT2D eigenvalue weighted by Crippen LogP contribution is -2.47. The molecule has 0 aliphatic carbocycles. The van der Waals surface area contributed by atoms with Crippen LogP contribution < -0.4 is 11.1 Å². The number of carbonyl (C=O) groups excluding carboxylic acids is 1. The van der Waals surface area contributed by atoms with Gasteiger partial charge in [-0.3, -0.25) is 13.8 Å². The zero-order valence-electron chi connectivity index (χ0n) is 27.8. The summed E-state index contributed by atoms with van der Waals surface area (Å²) in [7, 11) is -4.36. The molecular weight excluding hydrogens is 567 g/mol. The Morgan fingerprint density at radius 2 is 1.12 bits per heavy atom. The predicted octanol–water partition coefficient (Wildman–Crippen LogP) is 7.69. The summed E-state index contributed by atoms with van der Waals surface area (Å²) >= 11 is 0. The SMILES string of the molecule is CCCCCCCCCCCCCC(O)CC(=O)NC(COP(=O)(O)OCCN)C(O)CCCCCCCCCCCC. The van der Waals surface area contributed by atoms with Crippen LogP contribution in [-0.4, -0.2) is 59.0 Å². The van der Waals surface area contributed by atoms with Crippen LogP contribution in [0.15, 0.2) is 0 Å². The molecule has 0 bridgehead atoms. The van der Waals surface area contributed by atoms with Crippen molar-refractivity contribution in [3.05, 3.63) is 0 Å². The van der Waals surface area contributed by atoms with Crippen molar-refractivity contribution in [1.29, 1.82) is 0 Å². The summed E-state index contributed by atoms with van der Waals surface area (Å²) in [4.78, 5) is 22.6. The smallest absolute Gasteiger partial charge is 0.393 e. The summed E-state index contributed by atoms with van der Waals surface area (Å²) in [5.41, 5.74) is 5.33. The third-order valence-corrected chi connectivity index (χ3v) is 9.00. The van der Waals surface area contributed by atoms with E-state index in [2.05, 4.69) is 19.2 Å². The molecule has 4 unspecified atom stereocenters. The molecule has 10 heteroatoms. The third kappa shape index (κ3) is 28.7. The van der Waals surface area contributed by atoms with Crippen LogP contribution in [0.1, 0.15) is 168 Å². The topological polar surface area (TPSA) is 151 Å². The molecule has 0 aromatic rings. The number of nitrogens with two attached hydrogens (primary N) is 1. The fourth-order valence-corrected chi connectivity index (χ4v) is 6.06. The second-order valence-corrected chi connectivity index (χ2v) is 13.7. The van der Waals surface area contributed by atoms with Crippen LogP contribution in [0.25, 0.3) is 0 Å². The zero-order valence-corrected chi connectivity index (χ0v) is 28.7. The van der Waals surface area contributed by atoms with Gasteiger partial charge in [0.2, 0.25) is 5.91 Å². The highest BCUT2D eigenvalue weighted by atomic mass is 31.2. The van der Waals surface area contributed by atoms with Gasteiger partial charge < -0.3 is 26.2 Å². The van der Waals surface area contributed by atoms with E-state index < -0.39 is 32.0 Å². The number of amides is 1. The summed E-state index contributed by atoms with van der Waals surface area (Å²) in [6.45, 7) is 4.00. The molecule has 0 spiro atoms. The molecule has 0 rings (SSSR count). The van der Waals surface area contributed by atoms with Crippen LogP contribution in [0.2, 0.25) is 0 Å². The molecule has 1 amide bonds. The van der Waals surface area contributed by atoms with Crippen LogP contribution >= 0.6 is 7.82 Å². The van der Waals surface area contributed by atoms with Crippen molar-refractivity contribution in [2.75, 3.05) is 19.8 Å². The highest BCUT2D eigenvalue weighted by Crippen LogP contribution is 2.43. The number of hydrogen-bond acceptors (Lipinski definition) is 7. The zero-order chi connectivity index (χ0) is 32.0. The Bertz CT molecular complexity index is 671. The molecule has 0 heterocycles. The van der Waals surface area contributed by atoms with E-state index in [-0.39, 0.29) is 26.2 Å². The molecule has 0 aromatic heterocycles. The van der Waals surface area contributed by atoms with Crippen molar-refractivity contribution in [3.8, 4) is 0 Å². The van der Waals surface area contributed by atoms with Gasteiger partial charge in [-0.1, -0.05) is 149 Å². The largest absolute Gasteiger partial charge is 0.472 e. The molecular formula is C33H69N2O7P. The maximum atomic E-state index is 12.7. The molecule has 0 saturated heterocycles. The van der Waals surface area contributed by atoms with Crippen LogP contribution in [0.3, 0.4) is 0 Å². The van der Waals surface area contributed by atoms with Gasteiger partial charge in [0.25, 0.3) is 0 Å². The Hall–Kier alpha value is -0.540. The summed E-state index contributed by atoms with van der Waals surface area (Å²) in [5.74, 6) is -0.415. The van der Waals surface area contributed by atoms with Gasteiger partial charge in [-0.15, -0.1) is 0 Å². The maximum absolute atomic E-state index is 12.7. The predicted molar refractivity (Wildman–Crippen MR) is 177 cm³/mol. The van der Waals surface area contributed by atoms with Gasteiger partial charge in [0.1, 0.15) is 0 Å². The van der Waals surface area contributed by atoms with Crippen molar-refractivity contribution >= 4 is 13.7 Å². The van der Waals surface area contributed by atoms with Crippen molar-refractivity contribution in [1.82, 2.24) is 5.32 Å². The minimum absolute atomic E-state index is 0.0620. The second kappa shape index (κ2) is 30.1. The van der Waals surface area contributed by atoms with E-state index in [0.717, 1.165) is 38.5 Å². The molecule has 43 heavy (non-hydrogen) atoms. The lowest BCUT2D eigenvalue weighted by molar-refractivity contribution is -0.125. The number of aliphatic hydroxyl groups excluding tert-OH is 2. The first kappa shape index (κ1) is 42.5. The standard InChI is InChI=1S/C33H69N2O7P/c1-3-5-7-9-11-13-15-16-18-20-22-24-30(36)28-33(38)35-31(29-42-43(39,40)41-27-26-34)32(37)25-23-21-19-17-14-12-10-8-6-4-2/h30-32,36-37H,3-29,34H2,1-2H3,(H,35,38)(H,39,40). The van der Waals surface area contributed by atoms with E-state index in [1.165, 1.54) is 96.3 Å². The van der Waals surface area contributed by atoms with E-state index >= 15 is 0 Å². The number of rotatable bonds is 33. The molecule has 6 N–H and O–H groups in total. The molecule has 4 atom stereocenters. The normalized spacial score (nSPS) is 15.2. The number of phosphoric acid groups is 1. The minimum Gasteiger partial charge on any atom is -0.393 e. The minimum atomic E-state index is -4.36. The molecule has 0 aliphatic heterocycles. The van der Waals surface area contributed by atoms with Crippen molar-refractivity contribution in [3.63, 3.8) is 0 Å². The van der Waals surface area contributed by atoms with E-state index in [9.17, 15) is 24.5 Å². The second-order valence-electron chi connectivity index (χ2n) is 12.3. The summed E-state index contributed by atoms with van der Waals surface area (Å²) in [6.07, 6.45) is 24.3. The van der Waals surface area contributed by atoms with E-state index in [4.69, 9.17) is 14.8 Å². The molecule has 0 aliphatic rings. The van der Waals surface area contributed by atoms with Gasteiger partial charge in [0.15, 0.2) is 0 Å². The van der Waals surface area contributed by atoms with Gasteiger partial charge in [0, 0.05) is 6.54 Å². The molecule has 258 valence electrons. The summed E-state index contributed by atoms with van der Waals surface area (Å²) < 4.78 is 22.0. The number of phosphoric ester groups is 1. The monoisotopic (exact) mass is 636 g/mol. The van der Waals surface area contributed by atoms with Gasteiger partial charge in [0.05, 0.1) is 37.9 Å². The first-order chi connectivity index (χ1) is 20.8. The highest BCUT2D eigenvalue weighted by Gasteiger charge is 2.28. The Balaban J connectivity index is 4.41. The van der Waals surface area contributed by atoms with Crippen LogP contribution in [0, 0.1) is 0 Å².